The summed E-state index contributed by atoms with van der Waals surface area (Å²) in [5.74, 6) is -0.782. The van der Waals surface area contributed by atoms with Gasteiger partial charge in [-0.15, -0.1) is 0 Å². The Kier molecular flexibility index (Phi) is 4.56. The third-order valence-corrected chi connectivity index (χ3v) is 4.50. The first kappa shape index (κ1) is 17.7. The maximum atomic E-state index is 12.8. The summed E-state index contributed by atoms with van der Waals surface area (Å²) in [6.07, 6.45) is 0.0171. The van der Waals surface area contributed by atoms with Crippen LogP contribution in [-0.2, 0) is 23.2 Å². The fourth-order valence-electron chi connectivity index (χ4n) is 2.95. The van der Waals surface area contributed by atoms with Gasteiger partial charge in [0.05, 0.1) is 24.7 Å². The maximum absolute atomic E-state index is 12.8. The molecule has 2 amide bonds. The third kappa shape index (κ3) is 3.08. The highest BCUT2D eigenvalue weighted by Gasteiger charge is 2.42. The van der Waals surface area contributed by atoms with Crippen molar-refractivity contribution in [2.24, 2.45) is 7.05 Å². The van der Waals surface area contributed by atoms with Crippen LogP contribution in [-0.4, -0.2) is 40.9 Å². The van der Waals surface area contributed by atoms with E-state index in [0.717, 1.165) is 4.90 Å². The largest absolute Gasteiger partial charge is 0.431 e. The van der Waals surface area contributed by atoms with Crippen LogP contribution >= 0.6 is 0 Å². The number of imide groups is 1. The molecule has 0 bridgehead atoms. The van der Waals surface area contributed by atoms with E-state index in [2.05, 4.69) is 5.27 Å². The molecular formula is C17H19N4O5+. The highest BCUT2D eigenvalue weighted by molar-refractivity contribution is 6.22. The van der Waals surface area contributed by atoms with E-state index in [-0.39, 0.29) is 30.6 Å². The van der Waals surface area contributed by atoms with Crippen LogP contribution in [0.25, 0.3) is 0 Å². The number of anilines is 1. The van der Waals surface area contributed by atoms with Crippen LogP contribution in [0.3, 0.4) is 0 Å². The van der Waals surface area contributed by atoms with Crippen LogP contribution in [0, 0.1) is 0 Å². The summed E-state index contributed by atoms with van der Waals surface area (Å²) in [5.41, 5.74) is 0.755. The number of hydrogen-bond donors (Lipinski definition) is 1. The van der Waals surface area contributed by atoms with E-state index in [9.17, 15) is 19.2 Å². The smallest absolute Gasteiger partial charge is 0.295 e. The zero-order chi connectivity index (χ0) is 19.0. The molecular weight excluding hydrogens is 340 g/mol. The predicted octanol–water partition coefficient (Wildman–Crippen LogP) is -0.241. The predicted molar refractivity (Wildman–Crippen MR) is 89.3 cm³/mol. The number of likely N-dealkylation sites (N-methyl/N-ethyl adjacent to an activating group) is 1. The number of aryl methyl sites for hydroxylation is 1. The van der Waals surface area contributed by atoms with Crippen LogP contribution < -0.4 is 15.2 Å². The molecule has 1 N–H and O–H groups in total. The van der Waals surface area contributed by atoms with Gasteiger partial charge in [0.1, 0.15) is 0 Å². The highest BCUT2D eigenvalue weighted by Crippen LogP contribution is 2.26. The van der Waals surface area contributed by atoms with Crippen molar-refractivity contribution in [3.63, 3.8) is 0 Å². The van der Waals surface area contributed by atoms with Crippen molar-refractivity contribution < 1.29 is 23.6 Å². The average molecular weight is 359 g/mol. The maximum Gasteiger partial charge on any atom is 0.431 e. The molecule has 26 heavy (non-hydrogen) atoms. The SMILES string of the molecule is CC(=O)c1ccc(N2C(=O)CC(N(C)Cc3c(=O)o[nH][n+]3C)C2=O)cc1. The molecule has 1 atom stereocenters. The van der Waals surface area contributed by atoms with Gasteiger partial charge in [-0.25, -0.2) is 9.69 Å². The first-order valence-electron chi connectivity index (χ1n) is 8.04. The van der Waals surface area contributed by atoms with Crippen molar-refractivity contribution >= 4 is 23.3 Å². The summed E-state index contributed by atoms with van der Waals surface area (Å²) in [4.78, 5) is 50.9. The van der Waals surface area contributed by atoms with E-state index in [1.165, 1.54) is 11.6 Å². The Bertz CT molecular complexity index is 927. The number of benzene rings is 1. The van der Waals surface area contributed by atoms with Gasteiger partial charge < -0.3 is 0 Å². The number of aromatic amines is 1. The summed E-state index contributed by atoms with van der Waals surface area (Å²) in [6.45, 7) is 1.60. The molecule has 1 saturated heterocycles. The minimum absolute atomic E-state index is 0.0171. The van der Waals surface area contributed by atoms with Gasteiger partial charge in [0.2, 0.25) is 5.91 Å². The number of amides is 2. The van der Waals surface area contributed by atoms with Gasteiger partial charge in [-0.2, -0.15) is 0 Å². The molecule has 0 radical (unpaired) electrons. The molecule has 9 heteroatoms. The number of H-pyrrole nitrogens is 1. The summed E-state index contributed by atoms with van der Waals surface area (Å²) < 4.78 is 6.12. The molecule has 1 aromatic carbocycles. The molecule has 0 aliphatic carbocycles. The summed E-state index contributed by atoms with van der Waals surface area (Å²) in [5, 5.41) is 2.41. The van der Waals surface area contributed by atoms with Crippen molar-refractivity contribution in [2.75, 3.05) is 11.9 Å². The van der Waals surface area contributed by atoms with Crippen LogP contribution in [0.5, 0.6) is 0 Å². The fourth-order valence-corrected chi connectivity index (χ4v) is 2.95. The van der Waals surface area contributed by atoms with Crippen molar-refractivity contribution in [3.05, 3.63) is 45.9 Å². The zero-order valence-corrected chi connectivity index (χ0v) is 14.7. The number of nitrogens with one attached hydrogen (secondary N) is 1. The molecule has 1 aliphatic heterocycles. The number of nitrogens with zero attached hydrogens (tertiary/aromatic N) is 3. The van der Waals surface area contributed by atoms with Gasteiger partial charge in [0, 0.05) is 5.56 Å². The number of ketones is 1. The minimum Gasteiger partial charge on any atom is -0.295 e. The van der Waals surface area contributed by atoms with Gasteiger partial charge in [-0.05, 0) is 43.5 Å². The average Bonchev–Trinajstić information content (AvgIpc) is 3.08. The Morgan fingerprint density at radius 3 is 2.50 bits per heavy atom. The molecule has 3 rings (SSSR count). The Morgan fingerprint density at radius 2 is 1.96 bits per heavy atom. The Morgan fingerprint density at radius 1 is 1.31 bits per heavy atom. The Hall–Kier alpha value is -3.07. The number of aromatic nitrogens is 2. The van der Waals surface area contributed by atoms with Gasteiger partial charge in [0.15, 0.2) is 12.8 Å². The molecule has 1 aromatic heterocycles. The van der Waals surface area contributed by atoms with Crippen molar-refractivity contribution in [2.45, 2.75) is 25.9 Å². The standard InChI is InChI=1S/C17H18N4O5/c1-10(22)11-4-6-12(7-5-11)21-15(23)8-13(16(21)24)19(2)9-14-17(25)26-18-20(14)3/h4-7,13H,8-9H2,1-3H3/p+1. The first-order chi connectivity index (χ1) is 12.3. The van der Waals surface area contributed by atoms with Crippen molar-refractivity contribution in [1.29, 1.82) is 0 Å². The molecule has 1 fully saturated rings. The van der Waals surface area contributed by atoms with Gasteiger partial charge in [-0.1, -0.05) is 4.68 Å². The lowest BCUT2D eigenvalue weighted by atomic mass is 10.1. The molecule has 0 saturated carbocycles. The molecule has 1 unspecified atom stereocenters. The lowest BCUT2D eigenvalue weighted by Crippen LogP contribution is -2.44. The zero-order valence-electron chi connectivity index (χ0n) is 14.7. The summed E-state index contributed by atoms with van der Waals surface area (Å²) in [7, 11) is 3.29. The van der Waals surface area contributed by atoms with Gasteiger partial charge >= 0.3 is 11.3 Å². The van der Waals surface area contributed by atoms with Crippen LogP contribution in [0.15, 0.2) is 33.6 Å². The summed E-state index contributed by atoms with van der Waals surface area (Å²) in [6, 6.07) is 5.65. The van der Waals surface area contributed by atoms with Crippen LogP contribution in [0.1, 0.15) is 29.4 Å². The molecule has 9 nitrogen and oxygen atoms in total. The van der Waals surface area contributed by atoms with E-state index in [1.807, 2.05) is 0 Å². The van der Waals surface area contributed by atoms with Gasteiger partial charge in [-0.3, -0.25) is 23.8 Å². The second kappa shape index (κ2) is 6.68. The molecule has 136 valence electrons. The van der Waals surface area contributed by atoms with Crippen molar-refractivity contribution in [3.8, 4) is 0 Å². The number of carbonyl (C=O) groups is 3. The first-order valence-corrected chi connectivity index (χ1v) is 8.04. The number of carbonyl (C=O) groups excluding carboxylic acids is 3. The lowest BCUT2D eigenvalue weighted by molar-refractivity contribution is -0.746. The normalized spacial score (nSPS) is 17.4. The Labute approximate surface area is 148 Å². The van der Waals surface area contributed by atoms with E-state index in [0.29, 0.717) is 16.9 Å². The second-order valence-corrected chi connectivity index (χ2v) is 6.29. The van der Waals surface area contributed by atoms with E-state index < -0.39 is 11.7 Å². The second-order valence-electron chi connectivity index (χ2n) is 6.29. The number of hydrogen-bond acceptors (Lipinski definition) is 6. The topological polar surface area (TPSA) is 108 Å². The van der Waals surface area contributed by atoms with E-state index in [1.54, 1.807) is 43.3 Å². The van der Waals surface area contributed by atoms with Crippen molar-refractivity contribution in [1.82, 2.24) is 10.2 Å². The third-order valence-electron chi connectivity index (χ3n) is 4.50. The van der Waals surface area contributed by atoms with Crippen LogP contribution in [0.2, 0.25) is 0 Å². The van der Waals surface area contributed by atoms with Gasteiger partial charge in [0.25, 0.3) is 5.91 Å². The quantitative estimate of drug-likeness (QED) is 0.448. The number of Topliss-reactive ketones (excluding diaryl/α,β-unsaturated/α-hetero) is 1. The molecule has 2 heterocycles. The monoisotopic (exact) mass is 359 g/mol. The lowest BCUT2D eigenvalue weighted by Gasteiger charge is -2.20. The Balaban J connectivity index is 1.80. The highest BCUT2D eigenvalue weighted by atomic mass is 16.5. The molecule has 2 aromatic rings. The number of rotatable bonds is 5. The molecule has 0 spiro atoms. The fraction of sp³-hybridized carbons (Fsp3) is 0.353. The van der Waals surface area contributed by atoms with E-state index >= 15 is 0 Å². The van der Waals surface area contributed by atoms with E-state index in [4.69, 9.17) is 4.52 Å². The molecule has 1 aliphatic rings. The van der Waals surface area contributed by atoms with Crippen LogP contribution in [0.4, 0.5) is 5.69 Å². The minimum atomic E-state index is -0.677. The summed E-state index contributed by atoms with van der Waals surface area (Å²) >= 11 is 0.